The molecule has 0 N–H and O–H groups in total. The van der Waals surface area contributed by atoms with E-state index in [1.54, 1.807) is 0 Å². The van der Waals surface area contributed by atoms with E-state index in [0.717, 1.165) is 34.1 Å². The lowest BCUT2D eigenvalue weighted by atomic mass is 9.79. The Hall–Kier alpha value is -9.50. The number of hydrogen-bond donors (Lipinski definition) is 0. The molecule has 13 aromatic carbocycles. The minimum Gasteiger partial charge on any atom is -0.310 e. The van der Waals surface area contributed by atoms with Gasteiger partial charge in [0.2, 0.25) is 0 Å². The molecule has 0 saturated carbocycles. The predicted molar refractivity (Wildman–Crippen MR) is 374 cm³/mol. The van der Waals surface area contributed by atoms with Crippen LogP contribution in [0.25, 0.3) is 87.6 Å². The summed E-state index contributed by atoms with van der Waals surface area (Å²) in [5.41, 5.74) is 26.9. The topological polar surface area (TPSA) is 6.48 Å². The van der Waals surface area contributed by atoms with Crippen LogP contribution in [0, 0.1) is 13.8 Å². The van der Waals surface area contributed by atoms with Crippen molar-refractivity contribution in [2.45, 2.75) is 98.3 Å². The molecule has 2 heteroatoms. The van der Waals surface area contributed by atoms with Crippen LogP contribution in [-0.4, -0.2) is 0 Å². The molecule has 0 atom stereocenters. The first-order chi connectivity index (χ1) is 41.9. The average molecular weight is 1120 g/mol. The molecule has 15 rings (SSSR count). The zero-order valence-electron chi connectivity index (χ0n) is 52.1. The van der Waals surface area contributed by atoms with Gasteiger partial charge in [-0.2, -0.15) is 0 Å². The number of hydrogen-bond acceptors (Lipinski definition) is 2. The number of rotatable bonds is 9. The highest BCUT2D eigenvalue weighted by Crippen LogP contribution is 2.56. The second-order valence-corrected chi connectivity index (χ2v) is 27.4. The maximum Gasteiger partial charge on any atom is 0.0468 e. The number of fused-ring (bicyclic) bond motifs is 10. The fraction of sp³-hybridized carbons (Fsp3) is 0.176. The fourth-order valence-electron chi connectivity index (χ4n) is 14.7. The fourth-order valence-corrected chi connectivity index (χ4v) is 14.7. The Labute approximate surface area is 514 Å². The monoisotopic (exact) mass is 1120 g/mol. The van der Waals surface area contributed by atoms with E-state index >= 15 is 0 Å². The normalized spacial score (nSPS) is 13.7. The minimum absolute atomic E-state index is 0.0148. The number of benzene rings is 13. The van der Waals surface area contributed by atoms with Gasteiger partial charge in [-0.3, -0.25) is 0 Å². The van der Waals surface area contributed by atoms with E-state index in [4.69, 9.17) is 0 Å². The van der Waals surface area contributed by atoms with Crippen molar-refractivity contribution in [2.24, 2.45) is 0 Å². The first kappa shape index (κ1) is 54.2. The van der Waals surface area contributed by atoms with Gasteiger partial charge in [0, 0.05) is 45.0 Å². The average Bonchev–Trinajstić information content (AvgIpc) is 1.73. The zero-order chi connectivity index (χ0) is 59.8. The highest BCUT2D eigenvalue weighted by atomic mass is 15.1. The standard InChI is InChI=1S/C85H74N2/c1-52(2)55-24-34-65(35-25-55)86(63-30-20-53(3)21-31-63)67-38-42-71-75(50-67)81(60-26-40-69-73-44-56-16-12-14-18-58(56)46-79(73)84(8,9)77(69)48-60)72-43-39-68(87(64-32-22-54(4)23-33-64)66-36-28-62(29-37-66)83(5,6)7)51-76(72)82(71)61-27-41-70-74-45-57-17-13-15-19-59(57)47-80(74)85(10,11)78(70)49-61/h12-52H,1-11H3. The molecule has 0 aliphatic heterocycles. The van der Waals surface area contributed by atoms with Gasteiger partial charge < -0.3 is 9.80 Å². The van der Waals surface area contributed by atoms with Gasteiger partial charge in [-0.1, -0.05) is 207 Å². The van der Waals surface area contributed by atoms with Crippen molar-refractivity contribution in [3.05, 3.63) is 287 Å². The maximum absolute atomic E-state index is 2.55. The molecule has 0 fully saturated rings. The third kappa shape index (κ3) is 8.89. The lowest BCUT2D eigenvalue weighted by Crippen LogP contribution is -2.15. The van der Waals surface area contributed by atoms with Gasteiger partial charge >= 0.3 is 0 Å². The summed E-state index contributed by atoms with van der Waals surface area (Å²) in [5.74, 6) is 0.419. The second-order valence-electron chi connectivity index (χ2n) is 27.4. The molecule has 0 unspecified atom stereocenters. The van der Waals surface area contributed by atoms with Crippen LogP contribution in [0.3, 0.4) is 0 Å². The SMILES string of the molecule is Cc1ccc(N(c2ccc(C(C)C)cc2)c2ccc3c(-c4ccc5c(c4)C(C)(C)c4cc6ccccc6cc4-5)c4cc(N(c5ccc(C)cc5)c5ccc(C(C)(C)C)cc5)ccc4c(-c4ccc5c(c4)C(C)(C)c4cc6ccccc6cc4-5)c3c2)cc1. The molecule has 2 aliphatic rings. The Bertz CT molecular complexity index is 4910. The second kappa shape index (κ2) is 20.0. The van der Waals surface area contributed by atoms with Gasteiger partial charge in [0.25, 0.3) is 0 Å². The van der Waals surface area contributed by atoms with E-state index in [2.05, 4.69) is 329 Å². The van der Waals surface area contributed by atoms with Crippen molar-refractivity contribution in [2.75, 3.05) is 9.80 Å². The molecule has 13 aromatic rings. The van der Waals surface area contributed by atoms with Crippen LogP contribution in [0.5, 0.6) is 0 Å². The molecule has 0 amide bonds. The van der Waals surface area contributed by atoms with Gasteiger partial charge in [-0.15, -0.1) is 0 Å². The lowest BCUT2D eigenvalue weighted by molar-refractivity contribution is 0.590. The number of aryl methyl sites for hydroxylation is 2. The van der Waals surface area contributed by atoms with Gasteiger partial charge in [0.1, 0.15) is 0 Å². The summed E-state index contributed by atoms with van der Waals surface area (Å²) in [6.07, 6.45) is 0. The quantitative estimate of drug-likeness (QED) is 0.133. The van der Waals surface area contributed by atoms with Crippen LogP contribution in [0.4, 0.5) is 34.1 Å². The van der Waals surface area contributed by atoms with Crippen molar-refractivity contribution in [1.82, 2.24) is 0 Å². The zero-order valence-corrected chi connectivity index (χ0v) is 52.1. The molecular weight excluding hydrogens is 1050 g/mol. The van der Waals surface area contributed by atoms with Crippen LogP contribution in [-0.2, 0) is 16.2 Å². The number of anilines is 6. The van der Waals surface area contributed by atoms with Gasteiger partial charge in [-0.25, -0.2) is 0 Å². The summed E-state index contributed by atoms with van der Waals surface area (Å²) < 4.78 is 0. The molecule has 0 spiro atoms. The van der Waals surface area contributed by atoms with Crippen LogP contribution in [0.15, 0.2) is 243 Å². The Kier molecular flexibility index (Phi) is 12.5. The van der Waals surface area contributed by atoms with Gasteiger partial charge in [0.15, 0.2) is 0 Å². The predicted octanol–water partition coefficient (Wildman–Crippen LogP) is 24.2. The highest BCUT2D eigenvalue weighted by molar-refractivity contribution is 6.23. The molecule has 0 radical (unpaired) electrons. The third-order valence-corrected chi connectivity index (χ3v) is 19.7. The first-order valence-corrected chi connectivity index (χ1v) is 31.2. The van der Waals surface area contributed by atoms with Crippen molar-refractivity contribution in [3.63, 3.8) is 0 Å². The molecule has 87 heavy (non-hydrogen) atoms. The van der Waals surface area contributed by atoms with Crippen molar-refractivity contribution < 1.29 is 0 Å². The van der Waals surface area contributed by atoms with E-state index in [-0.39, 0.29) is 16.2 Å². The first-order valence-electron chi connectivity index (χ1n) is 31.2. The largest absolute Gasteiger partial charge is 0.310 e. The Morgan fingerprint density at radius 2 is 0.667 bits per heavy atom. The Morgan fingerprint density at radius 1 is 0.322 bits per heavy atom. The van der Waals surface area contributed by atoms with Crippen LogP contribution in [0.2, 0.25) is 0 Å². The molecule has 0 bridgehead atoms. The molecule has 0 saturated heterocycles. The summed E-state index contributed by atoms with van der Waals surface area (Å²) in [6, 6.07) is 93.4. The molecule has 0 aromatic heterocycles. The van der Waals surface area contributed by atoms with Crippen LogP contribution < -0.4 is 9.80 Å². The summed E-state index contributed by atoms with van der Waals surface area (Å²) in [4.78, 5) is 4.91. The van der Waals surface area contributed by atoms with Crippen LogP contribution >= 0.6 is 0 Å². The summed E-state index contributed by atoms with van der Waals surface area (Å²) >= 11 is 0. The third-order valence-electron chi connectivity index (χ3n) is 19.7. The van der Waals surface area contributed by atoms with Gasteiger partial charge in [0.05, 0.1) is 0 Å². The van der Waals surface area contributed by atoms with Crippen molar-refractivity contribution >= 4 is 77.2 Å². The summed E-state index contributed by atoms with van der Waals surface area (Å²) in [6.45, 7) is 25.5. The molecule has 2 nitrogen and oxygen atoms in total. The Morgan fingerprint density at radius 3 is 1.05 bits per heavy atom. The number of nitrogens with zero attached hydrogens (tertiary/aromatic N) is 2. The smallest absolute Gasteiger partial charge is 0.0468 e. The molecule has 424 valence electrons. The van der Waals surface area contributed by atoms with Gasteiger partial charge in [-0.05, 0) is 255 Å². The van der Waals surface area contributed by atoms with Crippen molar-refractivity contribution in [3.8, 4) is 44.5 Å². The van der Waals surface area contributed by atoms with E-state index in [1.165, 1.54) is 132 Å². The molecule has 2 aliphatic carbocycles. The van der Waals surface area contributed by atoms with Crippen LogP contribution in [0.1, 0.15) is 113 Å². The summed E-state index contributed by atoms with van der Waals surface area (Å²) in [5, 5.41) is 9.94. The molecular formula is C85H74N2. The van der Waals surface area contributed by atoms with E-state index in [9.17, 15) is 0 Å². The lowest BCUT2D eigenvalue weighted by Gasteiger charge is -2.29. The highest BCUT2D eigenvalue weighted by Gasteiger charge is 2.38. The summed E-state index contributed by atoms with van der Waals surface area (Å²) in [7, 11) is 0. The maximum atomic E-state index is 2.55. The van der Waals surface area contributed by atoms with E-state index < -0.39 is 0 Å². The Balaban J connectivity index is 1.04. The van der Waals surface area contributed by atoms with E-state index in [0.29, 0.717) is 5.92 Å². The van der Waals surface area contributed by atoms with Crippen molar-refractivity contribution in [1.29, 1.82) is 0 Å². The molecule has 0 heterocycles. The minimum atomic E-state index is -0.240. The van der Waals surface area contributed by atoms with E-state index in [1.807, 2.05) is 0 Å².